The van der Waals surface area contributed by atoms with Gasteiger partial charge >= 0.3 is 5.97 Å². The Hall–Kier alpha value is -2.49. The molecule has 0 fully saturated rings. The van der Waals surface area contributed by atoms with E-state index in [4.69, 9.17) is 4.84 Å². The molecule has 20 heavy (non-hydrogen) atoms. The summed E-state index contributed by atoms with van der Waals surface area (Å²) in [6, 6.07) is 7.13. The maximum Gasteiger partial charge on any atom is 0.366 e. The molecule has 4 heteroatoms. The molecule has 0 spiro atoms. The van der Waals surface area contributed by atoms with Crippen LogP contribution in [0.2, 0.25) is 0 Å². The van der Waals surface area contributed by atoms with Gasteiger partial charge in [0.25, 0.3) is 0 Å². The smallest absolute Gasteiger partial charge is 0.312 e. The Morgan fingerprint density at radius 2 is 1.65 bits per heavy atom. The lowest BCUT2D eigenvalue weighted by Gasteiger charge is -2.08. The number of rotatable bonds is 2. The van der Waals surface area contributed by atoms with Gasteiger partial charge in [0.2, 0.25) is 0 Å². The lowest BCUT2D eigenvalue weighted by atomic mass is 9.98. The van der Waals surface area contributed by atoms with Crippen LogP contribution >= 0.6 is 0 Å². The number of oxime groups is 1. The first-order valence-electron chi connectivity index (χ1n) is 6.25. The Balaban J connectivity index is 2.17. The topological polar surface area (TPSA) is 55.7 Å². The zero-order chi connectivity index (χ0) is 14.7. The lowest BCUT2D eigenvalue weighted by molar-refractivity contribution is -0.112. The van der Waals surface area contributed by atoms with Gasteiger partial charge in [-0.05, 0) is 55.7 Å². The molecular weight excluding hydrogens is 254 g/mol. The Morgan fingerprint density at radius 1 is 1.05 bits per heavy atom. The molecule has 1 aliphatic rings. The van der Waals surface area contributed by atoms with Crippen LogP contribution in [0.4, 0.5) is 0 Å². The first-order valence-corrected chi connectivity index (χ1v) is 6.25. The molecule has 0 aliphatic heterocycles. The minimum absolute atomic E-state index is 0.0193. The molecule has 1 aromatic rings. The zero-order valence-electron chi connectivity index (χ0n) is 11.6. The van der Waals surface area contributed by atoms with Gasteiger partial charge in [0.1, 0.15) is 5.71 Å². The van der Waals surface area contributed by atoms with Crippen LogP contribution in [0.25, 0.3) is 0 Å². The number of Topliss-reactive ketones (excluding diaryl/α,β-unsaturated/α-hetero) is 1. The normalized spacial score (nSPS) is 14.6. The van der Waals surface area contributed by atoms with E-state index in [1.165, 1.54) is 0 Å². The van der Waals surface area contributed by atoms with Crippen LogP contribution in [0.5, 0.6) is 0 Å². The highest BCUT2D eigenvalue weighted by Crippen LogP contribution is 2.13. The summed E-state index contributed by atoms with van der Waals surface area (Å²) in [5, 5.41) is 3.80. The predicted molar refractivity (Wildman–Crippen MR) is 76.6 cm³/mol. The highest BCUT2D eigenvalue weighted by atomic mass is 16.7. The van der Waals surface area contributed by atoms with Gasteiger partial charge in [0, 0.05) is 0 Å². The number of hydrogen-bond donors (Lipinski definition) is 0. The quantitative estimate of drug-likeness (QED) is 0.471. The number of nitrogens with zero attached hydrogens (tertiary/aromatic N) is 1. The molecule has 0 unspecified atom stereocenters. The van der Waals surface area contributed by atoms with Crippen molar-refractivity contribution in [3.63, 3.8) is 0 Å². The Bertz CT molecular complexity index is 642. The summed E-state index contributed by atoms with van der Waals surface area (Å²) in [6.45, 7) is 5.24. The Kier molecular flexibility index (Phi) is 3.94. The fourth-order valence-electron chi connectivity index (χ4n) is 1.93. The molecule has 0 N–H and O–H groups in total. The van der Waals surface area contributed by atoms with Crippen LogP contribution in [0, 0.1) is 6.92 Å². The van der Waals surface area contributed by atoms with Gasteiger partial charge in [0.15, 0.2) is 5.78 Å². The number of ketones is 1. The van der Waals surface area contributed by atoms with Crippen LogP contribution in [0.15, 0.2) is 52.7 Å². The van der Waals surface area contributed by atoms with Crippen LogP contribution in [-0.4, -0.2) is 17.5 Å². The summed E-state index contributed by atoms with van der Waals surface area (Å²) in [6.07, 6.45) is 3.20. The van der Waals surface area contributed by atoms with E-state index in [1.807, 2.05) is 19.1 Å². The van der Waals surface area contributed by atoms with E-state index < -0.39 is 5.97 Å². The van der Waals surface area contributed by atoms with E-state index in [2.05, 4.69) is 5.16 Å². The van der Waals surface area contributed by atoms with Crippen molar-refractivity contribution in [2.24, 2.45) is 5.16 Å². The summed E-state index contributed by atoms with van der Waals surface area (Å²) in [5.41, 5.74) is 2.92. The Labute approximate surface area is 117 Å². The Morgan fingerprint density at radius 3 is 2.25 bits per heavy atom. The van der Waals surface area contributed by atoms with Crippen LogP contribution < -0.4 is 0 Å². The molecule has 2 rings (SSSR count). The molecule has 0 amide bonds. The number of hydrogen-bond acceptors (Lipinski definition) is 4. The number of carbonyl (C=O) groups is 2. The van der Waals surface area contributed by atoms with Crippen molar-refractivity contribution in [1.82, 2.24) is 0 Å². The molecule has 0 saturated heterocycles. The monoisotopic (exact) mass is 269 g/mol. The maximum atomic E-state index is 11.9. The number of allylic oxidation sites excluding steroid dienone is 4. The number of aryl methyl sites for hydroxylation is 1. The minimum atomic E-state index is -0.510. The van der Waals surface area contributed by atoms with Crippen molar-refractivity contribution < 1.29 is 14.4 Å². The molecule has 4 nitrogen and oxygen atoms in total. The second-order valence-corrected chi connectivity index (χ2v) is 4.69. The zero-order valence-corrected chi connectivity index (χ0v) is 11.6. The van der Waals surface area contributed by atoms with Crippen molar-refractivity contribution in [3.8, 4) is 0 Å². The van der Waals surface area contributed by atoms with Crippen molar-refractivity contribution in [2.45, 2.75) is 20.8 Å². The molecule has 0 saturated carbocycles. The van der Waals surface area contributed by atoms with E-state index in [0.717, 1.165) is 5.56 Å². The predicted octanol–water partition coefficient (Wildman–Crippen LogP) is 2.98. The number of benzene rings is 1. The van der Waals surface area contributed by atoms with Gasteiger partial charge in [-0.1, -0.05) is 23.4 Å². The molecule has 0 bridgehead atoms. The molecule has 0 radical (unpaired) electrons. The summed E-state index contributed by atoms with van der Waals surface area (Å²) in [7, 11) is 0. The molecular formula is C16H15NO3. The van der Waals surface area contributed by atoms with Crippen LogP contribution in [0.3, 0.4) is 0 Å². The largest absolute Gasteiger partial charge is 0.366 e. The van der Waals surface area contributed by atoms with Crippen LogP contribution in [-0.2, 0) is 9.63 Å². The molecule has 0 atom stereocenters. The average molecular weight is 269 g/mol. The van der Waals surface area contributed by atoms with Gasteiger partial charge in [-0.25, -0.2) is 4.79 Å². The fourth-order valence-corrected chi connectivity index (χ4v) is 1.93. The van der Waals surface area contributed by atoms with Gasteiger partial charge in [0.05, 0.1) is 5.56 Å². The molecule has 1 aliphatic carbocycles. The second-order valence-electron chi connectivity index (χ2n) is 4.69. The molecule has 0 aromatic heterocycles. The summed E-state index contributed by atoms with van der Waals surface area (Å²) in [4.78, 5) is 28.4. The van der Waals surface area contributed by atoms with E-state index in [9.17, 15) is 9.59 Å². The van der Waals surface area contributed by atoms with Gasteiger partial charge < -0.3 is 4.84 Å². The highest BCUT2D eigenvalue weighted by molar-refractivity contribution is 6.21. The third kappa shape index (κ3) is 2.91. The van der Waals surface area contributed by atoms with Crippen molar-refractivity contribution in [1.29, 1.82) is 0 Å². The van der Waals surface area contributed by atoms with Gasteiger partial charge in [-0.3, -0.25) is 4.79 Å². The van der Waals surface area contributed by atoms with Crippen LogP contribution in [0.1, 0.15) is 29.8 Å². The van der Waals surface area contributed by atoms with Crippen molar-refractivity contribution in [2.75, 3.05) is 0 Å². The summed E-state index contributed by atoms with van der Waals surface area (Å²) < 4.78 is 0. The summed E-state index contributed by atoms with van der Waals surface area (Å²) >= 11 is 0. The second kappa shape index (κ2) is 5.65. The van der Waals surface area contributed by atoms with E-state index in [1.54, 1.807) is 38.1 Å². The van der Waals surface area contributed by atoms with Crippen molar-refractivity contribution in [3.05, 3.63) is 58.7 Å². The summed E-state index contributed by atoms with van der Waals surface area (Å²) in [5.74, 6) is -0.529. The minimum Gasteiger partial charge on any atom is -0.312 e. The SMILES string of the molecule is CC1=CC(=NOC(=O)c2ccccc2C)C=C(C)C1=O. The lowest BCUT2D eigenvalue weighted by Crippen LogP contribution is -2.12. The number of carbonyl (C=O) groups excluding carboxylic acids is 2. The fraction of sp³-hybridized carbons (Fsp3) is 0.188. The first-order chi connectivity index (χ1) is 9.49. The highest BCUT2D eigenvalue weighted by Gasteiger charge is 2.15. The molecule has 0 heterocycles. The molecule has 102 valence electrons. The standard InChI is InChI=1S/C16H15NO3/c1-10-6-4-5-7-14(10)16(19)20-17-13-8-11(2)15(18)12(3)9-13/h4-9H,1-3H3. The molecule has 1 aromatic carbocycles. The van der Waals surface area contributed by atoms with Gasteiger partial charge in [-0.15, -0.1) is 0 Å². The van der Waals surface area contributed by atoms with E-state index >= 15 is 0 Å². The van der Waals surface area contributed by atoms with E-state index in [-0.39, 0.29) is 5.78 Å². The van der Waals surface area contributed by atoms with E-state index in [0.29, 0.717) is 22.4 Å². The maximum absolute atomic E-state index is 11.9. The third-order valence-electron chi connectivity index (χ3n) is 3.04. The average Bonchev–Trinajstić information content (AvgIpc) is 2.42. The third-order valence-corrected chi connectivity index (χ3v) is 3.04. The first kappa shape index (κ1) is 13.9. The van der Waals surface area contributed by atoms with Gasteiger partial charge in [-0.2, -0.15) is 0 Å². The van der Waals surface area contributed by atoms with Crippen molar-refractivity contribution >= 4 is 17.5 Å².